The minimum absolute atomic E-state index is 0.259. The molecule has 0 aromatic heterocycles. The Morgan fingerprint density at radius 3 is 2.43 bits per heavy atom. The third-order valence-corrected chi connectivity index (χ3v) is 3.14. The standard InChI is InChI=1S/C9H16O4S/c1-9(2,8(11)12)6-14-5-4-7(10)13-3/h4-6H2,1-3H3,(H,11,12). The number of thioether (sulfide) groups is 1. The minimum Gasteiger partial charge on any atom is -0.481 e. The highest BCUT2D eigenvalue weighted by molar-refractivity contribution is 7.99. The Bertz CT molecular complexity index is 213. The van der Waals surface area contributed by atoms with E-state index in [4.69, 9.17) is 5.11 Å². The summed E-state index contributed by atoms with van der Waals surface area (Å²) in [6.45, 7) is 3.33. The zero-order valence-electron chi connectivity index (χ0n) is 8.70. The van der Waals surface area contributed by atoms with Crippen LogP contribution in [0.4, 0.5) is 0 Å². The molecule has 4 nitrogen and oxygen atoms in total. The molecule has 5 heteroatoms. The molecule has 0 aromatic carbocycles. The largest absolute Gasteiger partial charge is 0.481 e. The normalized spacial score (nSPS) is 11.1. The summed E-state index contributed by atoms with van der Waals surface area (Å²) in [7, 11) is 1.34. The number of aliphatic carboxylic acids is 1. The van der Waals surface area contributed by atoms with Crippen LogP contribution >= 0.6 is 11.8 Å². The number of carbonyl (C=O) groups excluding carboxylic acids is 1. The van der Waals surface area contributed by atoms with Gasteiger partial charge in [0.25, 0.3) is 0 Å². The zero-order chi connectivity index (χ0) is 11.2. The van der Waals surface area contributed by atoms with Crippen LogP contribution in [0.3, 0.4) is 0 Å². The number of rotatable bonds is 6. The van der Waals surface area contributed by atoms with E-state index in [2.05, 4.69) is 4.74 Å². The molecule has 0 atom stereocenters. The number of ether oxygens (including phenoxy) is 1. The van der Waals surface area contributed by atoms with Gasteiger partial charge in [-0.2, -0.15) is 11.8 Å². The highest BCUT2D eigenvalue weighted by Crippen LogP contribution is 2.22. The number of methoxy groups -OCH3 is 1. The van der Waals surface area contributed by atoms with Gasteiger partial charge in [-0.3, -0.25) is 9.59 Å². The van der Waals surface area contributed by atoms with Crippen LogP contribution in [-0.4, -0.2) is 35.7 Å². The Hall–Kier alpha value is -0.710. The summed E-state index contributed by atoms with van der Waals surface area (Å²) in [6, 6.07) is 0. The van der Waals surface area contributed by atoms with Crippen molar-refractivity contribution in [2.24, 2.45) is 5.41 Å². The van der Waals surface area contributed by atoms with Crippen LogP contribution in [0.1, 0.15) is 20.3 Å². The van der Waals surface area contributed by atoms with E-state index in [1.807, 2.05) is 0 Å². The van der Waals surface area contributed by atoms with Crippen molar-refractivity contribution in [2.75, 3.05) is 18.6 Å². The second kappa shape index (κ2) is 5.90. The van der Waals surface area contributed by atoms with Crippen molar-refractivity contribution in [3.8, 4) is 0 Å². The summed E-state index contributed by atoms with van der Waals surface area (Å²) in [5.74, 6) is 0.0246. The van der Waals surface area contributed by atoms with E-state index in [0.29, 0.717) is 17.9 Å². The molecule has 0 rings (SSSR count). The Morgan fingerprint density at radius 1 is 1.43 bits per heavy atom. The fraction of sp³-hybridized carbons (Fsp3) is 0.778. The van der Waals surface area contributed by atoms with Crippen molar-refractivity contribution in [2.45, 2.75) is 20.3 Å². The molecule has 0 unspecified atom stereocenters. The molecule has 0 radical (unpaired) electrons. The number of carboxylic acid groups (broad SMARTS) is 1. The maximum Gasteiger partial charge on any atom is 0.309 e. The first-order valence-electron chi connectivity index (χ1n) is 4.28. The van der Waals surface area contributed by atoms with E-state index in [1.165, 1.54) is 18.9 Å². The van der Waals surface area contributed by atoms with Crippen LogP contribution in [0, 0.1) is 5.41 Å². The van der Waals surface area contributed by atoms with Crippen molar-refractivity contribution in [1.29, 1.82) is 0 Å². The van der Waals surface area contributed by atoms with Crippen LogP contribution in [0.15, 0.2) is 0 Å². The van der Waals surface area contributed by atoms with Gasteiger partial charge in [-0.1, -0.05) is 0 Å². The quantitative estimate of drug-likeness (QED) is 0.541. The third-order valence-electron chi connectivity index (χ3n) is 1.72. The summed E-state index contributed by atoms with van der Waals surface area (Å²) in [5.41, 5.74) is -0.735. The van der Waals surface area contributed by atoms with Crippen molar-refractivity contribution >= 4 is 23.7 Å². The van der Waals surface area contributed by atoms with Gasteiger partial charge in [-0.15, -0.1) is 0 Å². The molecule has 0 heterocycles. The van der Waals surface area contributed by atoms with E-state index in [-0.39, 0.29) is 5.97 Å². The first kappa shape index (κ1) is 13.3. The Morgan fingerprint density at radius 2 is 2.00 bits per heavy atom. The van der Waals surface area contributed by atoms with Gasteiger partial charge in [0.1, 0.15) is 0 Å². The summed E-state index contributed by atoms with van der Waals surface area (Å²) in [4.78, 5) is 21.4. The molecule has 0 fully saturated rings. The molecule has 0 aliphatic rings. The van der Waals surface area contributed by atoms with Crippen molar-refractivity contribution in [1.82, 2.24) is 0 Å². The third kappa shape index (κ3) is 5.11. The lowest BCUT2D eigenvalue weighted by Crippen LogP contribution is -2.26. The van der Waals surface area contributed by atoms with Crippen molar-refractivity contribution < 1.29 is 19.4 Å². The minimum atomic E-state index is -0.817. The average molecular weight is 220 g/mol. The Balaban J connectivity index is 3.64. The molecule has 0 aliphatic carbocycles. The number of carboxylic acids is 1. The molecule has 0 amide bonds. The van der Waals surface area contributed by atoms with E-state index in [1.54, 1.807) is 13.8 Å². The molecule has 14 heavy (non-hydrogen) atoms. The van der Waals surface area contributed by atoms with Crippen LogP contribution in [0.5, 0.6) is 0 Å². The van der Waals surface area contributed by atoms with Gasteiger partial charge in [0.2, 0.25) is 0 Å². The molecular weight excluding hydrogens is 204 g/mol. The lowest BCUT2D eigenvalue weighted by atomic mass is 9.97. The lowest BCUT2D eigenvalue weighted by molar-refractivity contribution is -0.145. The molecular formula is C9H16O4S. The second-order valence-corrected chi connectivity index (χ2v) is 4.67. The molecule has 0 aliphatic heterocycles. The van der Waals surface area contributed by atoms with Gasteiger partial charge in [-0.25, -0.2) is 0 Å². The SMILES string of the molecule is COC(=O)CCSCC(C)(C)C(=O)O. The first-order valence-corrected chi connectivity index (χ1v) is 5.43. The van der Waals surface area contributed by atoms with Gasteiger partial charge in [0.15, 0.2) is 0 Å². The van der Waals surface area contributed by atoms with Gasteiger partial charge in [0.05, 0.1) is 18.9 Å². The second-order valence-electron chi connectivity index (χ2n) is 3.57. The fourth-order valence-corrected chi connectivity index (χ4v) is 1.74. The first-order chi connectivity index (χ1) is 6.40. The van der Waals surface area contributed by atoms with Gasteiger partial charge >= 0.3 is 11.9 Å². The predicted molar refractivity (Wildman–Crippen MR) is 55.4 cm³/mol. The number of hydrogen-bond donors (Lipinski definition) is 1. The van der Waals surface area contributed by atoms with Gasteiger partial charge in [-0.05, 0) is 13.8 Å². The molecule has 0 saturated heterocycles. The van der Waals surface area contributed by atoms with E-state index in [9.17, 15) is 9.59 Å². The molecule has 0 spiro atoms. The Kier molecular flexibility index (Phi) is 5.60. The molecule has 0 bridgehead atoms. The predicted octanol–water partition coefficient (Wildman–Crippen LogP) is 1.39. The molecule has 0 saturated carbocycles. The Labute approximate surface area is 88.0 Å². The van der Waals surface area contributed by atoms with E-state index < -0.39 is 11.4 Å². The van der Waals surface area contributed by atoms with Crippen LogP contribution in [0.2, 0.25) is 0 Å². The van der Waals surface area contributed by atoms with Crippen LogP contribution < -0.4 is 0 Å². The van der Waals surface area contributed by atoms with E-state index >= 15 is 0 Å². The smallest absolute Gasteiger partial charge is 0.309 e. The average Bonchev–Trinajstić information content (AvgIpc) is 2.11. The maximum absolute atomic E-state index is 10.7. The number of hydrogen-bond acceptors (Lipinski definition) is 4. The summed E-state index contributed by atoms with van der Waals surface area (Å²) in [5, 5.41) is 8.79. The van der Waals surface area contributed by atoms with Crippen molar-refractivity contribution in [3.63, 3.8) is 0 Å². The maximum atomic E-state index is 10.7. The highest BCUT2D eigenvalue weighted by atomic mass is 32.2. The molecule has 1 N–H and O–H groups in total. The van der Waals surface area contributed by atoms with Gasteiger partial charge in [0, 0.05) is 11.5 Å². The fourth-order valence-electron chi connectivity index (χ4n) is 0.647. The lowest BCUT2D eigenvalue weighted by Gasteiger charge is -2.17. The molecule has 82 valence electrons. The molecule has 0 aromatic rings. The summed E-state index contributed by atoms with van der Waals surface area (Å²) >= 11 is 1.45. The summed E-state index contributed by atoms with van der Waals surface area (Å²) in [6.07, 6.45) is 0.330. The monoisotopic (exact) mass is 220 g/mol. The van der Waals surface area contributed by atoms with Crippen molar-refractivity contribution in [3.05, 3.63) is 0 Å². The number of esters is 1. The van der Waals surface area contributed by atoms with Crippen LogP contribution in [-0.2, 0) is 14.3 Å². The van der Waals surface area contributed by atoms with Gasteiger partial charge < -0.3 is 9.84 Å². The van der Waals surface area contributed by atoms with Crippen LogP contribution in [0.25, 0.3) is 0 Å². The summed E-state index contributed by atoms with van der Waals surface area (Å²) < 4.78 is 4.46. The topological polar surface area (TPSA) is 63.6 Å². The zero-order valence-corrected chi connectivity index (χ0v) is 9.52. The number of carbonyl (C=O) groups is 2. The van der Waals surface area contributed by atoms with E-state index in [0.717, 1.165) is 0 Å². The highest BCUT2D eigenvalue weighted by Gasteiger charge is 2.26.